The molecule has 22 heteroatoms. The zero-order valence-corrected chi connectivity index (χ0v) is 53.7. The van der Waals surface area contributed by atoms with Crippen molar-refractivity contribution in [3.8, 4) is 0 Å². The van der Waals surface area contributed by atoms with Gasteiger partial charge in [0.2, 0.25) is 5.91 Å². The fourth-order valence-corrected chi connectivity index (χ4v) is 6.73. The first-order valence-electron chi connectivity index (χ1n) is 30.0. The predicted molar refractivity (Wildman–Crippen MR) is 362 cm³/mol. The number of ether oxygens (including phenoxy) is 1. The number of rotatable bonds is 37. The molecule has 0 aromatic carbocycles. The minimum absolute atomic E-state index is 0. The number of likely N-dealkylation sites (N-methyl/N-ethyl adjacent to an activating group) is 4. The number of carboxylic acids is 1. The highest BCUT2D eigenvalue weighted by atomic mass is 16.6. The number of carboxylic acid groups (broad SMARTS) is 1. The van der Waals surface area contributed by atoms with Crippen LogP contribution in [0.5, 0.6) is 0 Å². The Kier molecular flexibility index (Phi) is 57.9. The molecule has 13 N–H and O–H groups in total. The Morgan fingerprint density at radius 2 is 0.807 bits per heavy atom. The molecule has 3 rings (SSSR count). The zero-order chi connectivity index (χ0) is 65.0. The molecule has 3 aromatic rings. The summed E-state index contributed by atoms with van der Waals surface area (Å²) in [5.74, 6) is -1.09. The first-order valence-corrected chi connectivity index (χ1v) is 30.0. The number of carbonyl (C=O) groups is 5. The monoisotopic (exact) mass is 1230 g/mol. The van der Waals surface area contributed by atoms with Crippen LogP contribution in [-0.2, 0) is 9.53 Å². The molecule has 0 aliphatic rings. The number of hydrogen-bond donors (Lipinski definition) is 9. The van der Waals surface area contributed by atoms with E-state index in [-0.39, 0.29) is 36.8 Å². The fraction of sp³-hybridized carbons (Fsp3) is 0.515. The largest absolute Gasteiger partial charge is 0.478 e. The Labute approximate surface area is 528 Å². The number of alkyl carbamates (subject to hydrolysis) is 1. The maximum atomic E-state index is 12.0. The van der Waals surface area contributed by atoms with Gasteiger partial charge in [-0.3, -0.25) is 29.3 Å². The van der Waals surface area contributed by atoms with Crippen molar-refractivity contribution in [3.05, 3.63) is 163 Å². The third-order valence-electron chi connectivity index (χ3n) is 11.5. The van der Waals surface area contributed by atoms with Crippen LogP contribution in [0.3, 0.4) is 0 Å². The predicted octanol–water partition coefficient (Wildman–Crippen LogP) is 6.69. The van der Waals surface area contributed by atoms with Gasteiger partial charge in [0.15, 0.2) is 0 Å². The smallest absolute Gasteiger partial charge is 0.407 e. The van der Waals surface area contributed by atoms with Crippen molar-refractivity contribution in [2.75, 3.05) is 133 Å². The third-order valence-corrected chi connectivity index (χ3v) is 11.5. The van der Waals surface area contributed by atoms with Gasteiger partial charge in [-0.2, -0.15) is 0 Å². The highest BCUT2D eigenvalue weighted by Crippen LogP contribution is 2.06. The molecule has 0 atom stereocenters. The minimum Gasteiger partial charge on any atom is -0.478 e. The van der Waals surface area contributed by atoms with Crippen LogP contribution in [0, 0.1) is 0 Å². The summed E-state index contributed by atoms with van der Waals surface area (Å²) in [6, 6.07) is 10.0. The van der Waals surface area contributed by atoms with E-state index >= 15 is 0 Å². The molecule has 3 heterocycles. The molecule has 494 valence electrons. The summed E-state index contributed by atoms with van der Waals surface area (Å²) >= 11 is 0. The van der Waals surface area contributed by atoms with Gasteiger partial charge in [0.05, 0.1) is 16.7 Å². The van der Waals surface area contributed by atoms with E-state index in [9.17, 15) is 24.0 Å². The minimum atomic E-state index is -0.942. The van der Waals surface area contributed by atoms with Crippen molar-refractivity contribution < 1.29 is 33.8 Å². The number of nitrogens with zero attached hydrogens (tertiary/aromatic N) is 7. The van der Waals surface area contributed by atoms with Crippen molar-refractivity contribution >= 4 is 29.8 Å². The lowest BCUT2D eigenvalue weighted by atomic mass is 10.2. The number of nitrogens with one attached hydrogen (secondary N) is 4. The molecule has 0 aliphatic carbocycles. The number of aromatic carboxylic acids is 1. The number of amides is 4. The van der Waals surface area contributed by atoms with Crippen LogP contribution in [0.1, 0.15) is 118 Å². The number of pyridine rings is 3. The maximum absolute atomic E-state index is 12.0. The molecule has 3 aromatic heterocycles. The van der Waals surface area contributed by atoms with E-state index in [2.05, 4.69) is 136 Å². The van der Waals surface area contributed by atoms with Gasteiger partial charge in [-0.05, 0) is 130 Å². The second-order valence-corrected chi connectivity index (χ2v) is 20.6. The Hall–Kier alpha value is -7.28. The van der Waals surface area contributed by atoms with Crippen molar-refractivity contribution in [1.82, 2.24) is 55.8 Å². The molecular formula is C66H113N15O7. The molecule has 0 aliphatic heterocycles. The SMILES string of the molecule is C.CC/C=C\C/C=C\C/C=C\C/C=C\C/C=C\C/C=C\CCC(=O)NCCN(C)CCNC(=O)c1cccnc1.CN(CCN)CCN.CN(CCN)CCNC(=O)OC(C)(C)C.CN(CCN)CCNC(=O)c1cccnc1.O=C(O)c1cccnc1. The number of allylic oxidation sites excluding steroid dienone is 12. The summed E-state index contributed by atoms with van der Waals surface area (Å²) in [6.45, 7) is 19.3. The summed E-state index contributed by atoms with van der Waals surface area (Å²) in [5, 5.41) is 19.7. The number of aromatic nitrogens is 3. The van der Waals surface area contributed by atoms with Gasteiger partial charge in [-0.1, -0.05) is 87.3 Å². The molecule has 4 amide bonds. The molecule has 88 heavy (non-hydrogen) atoms. The van der Waals surface area contributed by atoms with Crippen LogP contribution in [0.15, 0.2) is 146 Å². The summed E-state index contributed by atoms with van der Waals surface area (Å²) in [5.41, 5.74) is 22.3. The lowest BCUT2D eigenvalue weighted by Crippen LogP contribution is -2.38. The van der Waals surface area contributed by atoms with Gasteiger partial charge in [-0.15, -0.1) is 0 Å². The number of nitrogens with two attached hydrogens (primary N) is 4. The van der Waals surface area contributed by atoms with Crippen LogP contribution in [0.2, 0.25) is 0 Å². The molecule has 0 bridgehead atoms. The Balaban J connectivity index is -0.00000120. The lowest BCUT2D eigenvalue weighted by molar-refractivity contribution is -0.121. The van der Waals surface area contributed by atoms with Crippen molar-refractivity contribution in [2.45, 2.75) is 92.1 Å². The number of hydrogen-bond acceptors (Lipinski definition) is 17. The molecule has 0 radical (unpaired) electrons. The zero-order valence-electron chi connectivity index (χ0n) is 53.7. The molecule has 0 saturated carbocycles. The molecule has 0 unspecified atom stereocenters. The van der Waals surface area contributed by atoms with Crippen molar-refractivity contribution in [3.63, 3.8) is 0 Å². The summed E-state index contributed by atoms with van der Waals surface area (Å²) in [4.78, 5) is 76.8. The van der Waals surface area contributed by atoms with E-state index in [4.69, 9.17) is 32.8 Å². The highest BCUT2D eigenvalue weighted by Gasteiger charge is 2.15. The molecule has 0 spiro atoms. The molecular weight excluding hydrogens is 1110 g/mol. The first-order chi connectivity index (χ1) is 41.8. The van der Waals surface area contributed by atoms with Crippen LogP contribution >= 0.6 is 0 Å². The van der Waals surface area contributed by atoms with Crippen LogP contribution < -0.4 is 44.2 Å². The van der Waals surface area contributed by atoms with Gasteiger partial charge in [0.1, 0.15) is 5.60 Å². The average Bonchev–Trinajstić information content (AvgIpc) is 3.56. The molecule has 0 saturated heterocycles. The van der Waals surface area contributed by atoms with E-state index in [1.165, 1.54) is 18.5 Å². The van der Waals surface area contributed by atoms with E-state index < -0.39 is 11.6 Å². The van der Waals surface area contributed by atoms with E-state index in [0.29, 0.717) is 63.4 Å². The second-order valence-electron chi connectivity index (χ2n) is 20.6. The van der Waals surface area contributed by atoms with Crippen LogP contribution in [0.4, 0.5) is 4.79 Å². The van der Waals surface area contributed by atoms with Crippen molar-refractivity contribution in [2.24, 2.45) is 22.9 Å². The third kappa shape index (κ3) is 57.8. The normalized spacial score (nSPS) is 11.2. The van der Waals surface area contributed by atoms with Gasteiger partial charge in [0.25, 0.3) is 11.8 Å². The summed E-state index contributed by atoms with van der Waals surface area (Å²) < 4.78 is 5.09. The summed E-state index contributed by atoms with van der Waals surface area (Å²) in [6.07, 6.45) is 42.1. The first kappa shape index (κ1) is 84.9. The van der Waals surface area contributed by atoms with Gasteiger partial charge >= 0.3 is 12.1 Å². The lowest BCUT2D eigenvalue weighted by Gasteiger charge is -2.20. The highest BCUT2D eigenvalue weighted by molar-refractivity contribution is 5.94. The molecule has 0 fully saturated rings. The maximum Gasteiger partial charge on any atom is 0.407 e. The van der Waals surface area contributed by atoms with Gasteiger partial charge < -0.3 is 73.6 Å². The summed E-state index contributed by atoms with van der Waals surface area (Å²) in [7, 11) is 7.92. The Morgan fingerprint density at radius 3 is 1.12 bits per heavy atom. The topological polar surface area (TPSA) is 319 Å². The fourth-order valence-electron chi connectivity index (χ4n) is 6.73. The van der Waals surface area contributed by atoms with Gasteiger partial charge in [0, 0.05) is 148 Å². The van der Waals surface area contributed by atoms with Crippen molar-refractivity contribution in [1.29, 1.82) is 0 Å². The number of carbonyl (C=O) groups excluding carboxylic acids is 4. The van der Waals surface area contributed by atoms with E-state index in [1.807, 2.05) is 49.0 Å². The van der Waals surface area contributed by atoms with Gasteiger partial charge in [-0.25, -0.2) is 9.59 Å². The Bertz CT molecular complexity index is 2350. The quantitative estimate of drug-likeness (QED) is 0.0271. The van der Waals surface area contributed by atoms with Crippen LogP contribution in [-0.4, -0.2) is 208 Å². The Morgan fingerprint density at radius 1 is 0.489 bits per heavy atom. The van der Waals surface area contributed by atoms with E-state index in [0.717, 1.165) is 104 Å². The average molecular weight is 1230 g/mol. The van der Waals surface area contributed by atoms with Crippen LogP contribution in [0.25, 0.3) is 0 Å². The van der Waals surface area contributed by atoms with E-state index in [1.54, 1.807) is 55.1 Å². The standard InChI is InChI=1S/C33H48N4O2.C11H18N4O.C10H23N3O2.C6H5NO2.C5H15N3.CH4/c1-3-4-5-6-7-8-9-10-11-12-13-14-15-16-17-18-19-20-21-24-32(38)35-26-28-37(2)29-27-36-33(39)31-23-22-25-34-30-31;1-15(7-4-12)8-6-14-11(16)10-3-2-5-13-9-10;1-10(2,3)15-9(14)12-6-8-13(4)7-5-11;8-6(9)5-2-1-3-7-4-5;1-8(4-2-6)5-3-7;/h4-5,7-8,10-11,13-14,16-17,19-20,22-23,25,30H,3,6,9,12,15,18,21,24,26-29H2,1-2H3,(H,35,38)(H,36,39);2-3,5,9H,4,6-8,12H2,1H3,(H,14,16);5-8,11H2,1-4H3,(H,12,14);1-4H,(H,8,9);2-7H2,1H3;1H4/b5-4-,8-7-,11-10-,14-13-,17-16-,20-19-;;;;;. The second kappa shape index (κ2) is 60.0. The molecule has 22 nitrogen and oxygen atoms in total.